The lowest BCUT2D eigenvalue weighted by Crippen LogP contribution is -2.19. The summed E-state index contributed by atoms with van der Waals surface area (Å²) < 4.78 is 1.77. The SMILES string of the molecule is CCCn1ccc2c(NCCc3ccc(O)cc3)cccc2c1=O. The lowest BCUT2D eigenvalue weighted by molar-refractivity contribution is 0.475. The van der Waals surface area contributed by atoms with Crippen LogP contribution >= 0.6 is 0 Å². The van der Waals surface area contributed by atoms with Crippen LogP contribution in [0, 0.1) is 0 Å². The Hall–Kier alpha value is -2.75. The van der Waals surface area contributed by atoms with E-state index in [0.717, 1.165) is 48.0 Å². The van der Waals surface area contributed by atoms with E-state index in [4.69, 9.17) is 0 Å². The number of aromatic hydroxyl groups is 1. The van der Waals surface area contributed by atoms with Gasteiger partial charge in [-0.1, -0.05) is 25.1 Å². The van der Waals surface area contributed by atoms with Crippen molar-refractivity contribution in [2.75, 3.05) is 11.9 Å². The van der Waals surface area contributed by atoms with E-state index in [1.807, 2.05) is 42.6 Å². The minimum atomic E-state index is 0.0662. The van der Waals surface area contributed by atoms with Gasteiger partial charge in [0.25, 0.3) is 5.56 Å². The predicted octanol–water partition coefficient (Wildman–Crippen LogP) is 3.77. The van der Waals surface area contributed by atoms with E-state index in [0.29, 0.717) is 0 Å². The molecule has 0 aliphatic carbocycles. The average molecular weight is 322 g/mol. The summed E-state index contributed by atoms with van der Waals surface area (Å²) in [5.41, 5.74) is 2.20. The summed E-state index contributed by atoms with van der Waals surface area (Å²) in [6, 6.07) is 15.1. The molecule has 2 aromatic carbocycles. The van der Waals surface area contributed by atoms with Crippen LogP contribution in [0.3, 0.4) is 0 Å². The Morgan fingerprint density at radius 1 is 1.04 bits per heavy atom. The fourth-order valence-corrected chi connectivity index (χ4v) is 2.89. The third-order valence-electron chi connectivity index (χ3n) is 4.15. The number of nitrogens with zero attached hydrogens (tertiary/aromatic N) is 1. The van der Waals surface area contributed by atoms with Crippen LogP contribution in [0.25, 0.3) is 10.8 Å². The number of hydrogen-bond donors (Lipinski definition) is 2. The van der Waals surface area contributed by atoms with Crippen LogP contribution in [0.1, 0.15) is 18.9 Å². The van der Waals surface area contributed by atoms with Gasteiger partial charge in [0.2, 0.25) is 0 Å². The highest BCUT2D eigenvalue weighted by Gasteiger charge is 2.06. The smallest absolute Gasteiger partial charge is 0.258 e. The Morgan fingerprint density at radius 2 is 1.83 bits per heavy atom. The maximum atomic E-state index is 12.5. The van der Waals surface area contributed by atoms with E-state index >= 15 is 0 Å². The van der Waals surface area contributed by atoms with Gasteiger partial charge in [-0.2, -0.15) is 0 Å². The normalized spacial score (nSPS) is 10.9. The van der Waals surface area contributed by atoms with E-state index in [-0.39, 0.29) is 11.3 Å². The van der Waals surface area contributed by atoms with Crippen molar-refractivity contribution in [2.24, 2.45) is 0 Å². The zero-order valence-corrected chi connectivity index (χ0v) is 13.8. The molecule has 0 atom stereocenters. The second kappa shape index (κ2) is 7.21. The molecule has 0 aliphatic heterocycles. The van der Waals surface area contributed by atoms with Crippen LogP contribution in [-0.4, -0.2) is 16.2 Å². The molecule has 0 fully saturated rings. The van der Waals surface area contributed by atoms with Crippen molar-refractivity contribution in [2.45, 2.75) is 26.3 Å². The molecule has 1 heterocycles. The Bertz CT molecular complexity index is 882. The van der Waals surface area contributed by atoms with Crippen molar-refractivity contribution in [1.29, 1.82) is 0 Å². The number of phenolic OH excluding ortho intramolecular Hbond substituents is 1. The first kappa shape index (κ1) is 16.1. The Morgan fingerprint density at radius 3 is 2.58 bits per heavy atom. The Balaban J connectivity index is 1.78. The molecule has 4 nitrogen and oxygen atoms in total. The standard InChI is InChI=1S/C20H22N2O2/c1-2-13-22-14-11-17-18(20(22)24)4-3-5-19(17)21-12-10-15-6-8-16(23)9-7-15/h3-9,11,14,21,23H,2,10,12-13H2,1H3. The van der Waals surface area contributed by atoms with Crippen LogP contribution < -0.4 is 10.9 Å². The summed E-state index contributed by atoms with van der Waals surface area (Å²) in [5, 5.41) is 14.4. The minimum Gasteiger partial charge on any atom is -0.508 e. The number of pyridine rings is 1. The Kier molecular flexibility index (Phi) is 4.85. The minimum absolute atomic E-state index is 0.0662. The molecule has 24 heavy (non-hydrogen) atoms. The first-order valence-corrected chi connectivity index (χ1v) is 8.33. The van der Waals surface area contributed by atoms with E-state index in [9.17, 15) is 9.90 Å². The third-order valence-corrected chi connectivity index (χ3v) is 4.15. The summed E-state index contributed by atoms with van der Waals surface area (Å²) in [4.78, 5) is 12.5. The summed E-state index contributed by atoms with van der Waals surface area (Å²) in [5.74, 6) is 0.282. The highest BCUT2D eigenvalue weighted by atomic mass is 16.3. The van der Waals surface area contributed by atoms with Gasteiger partial charge in [-0.3, -0.25) is 4.79 Å². The summed E-state index contributed by atoms with van der Waals surface area (Å²) in [6.45, 7) is 3.58. The fraction of sp³-hybridized carbons (Fsp3) is 0.250. The molecule has 0 amide bonds. The topological polar surface area (TPSA) is 54.3 Å². The highest BCUT2D eigenvalue weighted by molar-refractivity contribution is 5.93. The average Bonchev–Trinajstić information content (AvgIpc) is 2.60. The van der Waals surface area contributed by atoms with Crippen LogP contribution in [0.2, 0.25) is 0 Å². The number of aromatic nitrogens is 1. The molecule has 3 rings (SSSR count). The van der Waals surface area contributed by atoms with Crippen molar-refractivity contribution < 1.29 is 5.11 Å². The maximum absolute atomic E-state index is 12.5. The molecule has 0 unspecified atom stereocenters. The number of fused-ring (bicyclic) bond motifs is 1. The molecule has 2 N–H and O–H groups in total. The third kappa shape index (κ3) is 3.43. The molecule has 4 heteroatoms. The second-order valence-corrected chi connectivity index (χ2v) is 5.92. The van der Waals surface area contributed by atoms with E-state index in [1.54, 1.807) is 16.7 Å². The molecule has 0 radical (unpaired) electrons. The molecule has 0 saturated carbocycles. The lowest BCUT2D eigenvalue weighted by atomic mass is 10.1. The van der Waals surface area contributed by atoms with Gasteiger partial charge in [0.05, 0.1) is 0 Å². The number of rotatable bonds is 6. The summed E-state index contributed by atoms with van der Waals surface area (Å²) >= 11 is 0. The van der Waals surface area contributed by atoms with Crippen LogP contribution in [0.5, 0.6) is 5.75 Å². The summed E-state index contributed by atoms with van der Waals surface area (Å²) in [6.07, 6.45) is 3.67. The molecule has 0 aliphatic rings. The molecule has 3 aromatic rings. The molecule has 1 aromatic heterocycles. The molecule has 0 bridgehead atoms. The Labute approximate surface area is 141 Å². The zero-order chi connectivity index (χ0) is 16.9. The van der Waals surface area contributed by atoms with Crippen molar-refractivity contribution in [1.82, 2.24) is 4.57 Å². The second-order valence-electron chi connectivity index (χ2n) is 5.92. The van der Waals surface area contributed by atoms with Gasteiger partial charge in [-0.05, 0) is 48.7 Å². The van der Waals surface area contributed by atoms with Gasteiger partial charge < -0.3 is 15.0 Å². The monoisotopic (exact) mass is 322 g/mol. The molecule has 0 saturated heterocycles. The van der Waals surface area contributed by atoms with Crippen molar-refractivity contribution in [3.05, 3.63) is 70.6 Å². The summed E-state index contributed by atoms with van der Waals surface area (Å²) in [7, 11) is 0. The van der Waals surface area contributed by atoms with Crippen LogP contribution in [0.4, 0.5) is 5.69 Å². The molecular formula is C20H22N2O2. The number of anilines is 1. The number of benzene rings is 2. The number of nitrogens with one attached hydrogen (secondary N) is 1. The van der Waals surface area contributed by atoms with Gasteiger partial charge in [0, 0.05) is 35.7 Å². The number of phenols is 1. The van der Waals surface area contributed by atoms with Gasteiger partial charge >= 0.3 is 0 Å². The van der Waals surface area contributed by atoms with Crippen molar-refractivity contribution >= 4 is 16.5 Å². The number of hydrogen-bond acceptors (Lipinski definition) is 3. The van der Waals surface area contributed by atoms with Gasteiger partial charge in [-0.25, -0.2) is 0 Å². The van der Waals surface area contributed by atoms with E-state index < -0.39 is 0 Å². The van der Waals surface area contributed by atoms with Crippen molar-refractivity contribution in [3.63, 3.8) is 0 Å². The first-order chi connectivity index (χ1) is 11.7. The van der Waals surface area contributed by atoms with Crippen LogP contribution in [-0.2, 0) is 13.0 Å². The quantitative estimate of drug-likeness (QED) is 0.726. The molecule has 0 spiro atoms. The van der Waals surface area contributed by atoms with Gasteiger partial charge in [-0.15, -0.1) is 0 Å². The van der Waals surface area contributed by atoms with Crippen LogP contribution in [0.15, 0.2) is 59.5 Å². The maximum Gasteiger partial charge on any atom is 0.258 e. The largest absolute Gasteiger partial charge is 0.508 e. The van der Waals surface area contributed by atoms with Gasteiger partial charge in [0.1, 0.15) is 5.75 Å². The lowest BCUT2D eigenvalue weighted by Gasteiger charge is -2.11. The van der Waals surface area contributed by atoms with E-state index in [2.05, 4.69) is 12.2 Å². The van der Waals surface area contributed by atoms with Gasteiger partial charge in [0.15, 0.2) is 0 Å². The molecular weight excluding hydrogens is 300 g/mol. The first-order valence-electron chi connectivity index (χ1n) is 8.33. The fourth-order valence-electron chi connectivity index (χ4n) is 2.89. The zero-order valence-electron chi connectivity index (χ0n) is 13.8. The van der Waals surface area contributed by atoms with E-state index in [1.165, 1.54) is 0 Å². The predicted molar refractivity (Wildman–Crippen MR) is 98.8 cm³/mol. The number of aryl methyl sites for hydroxylation is 1. The highest BCUT2D eigenvalue weighted by Crippen LogP contribution is 2.21. The molecule has 124 valence electrons. The van der Waals surface area contributed by atoms with Crippen molar-refractivity contribution in [3.8, 4) is 5.75 Å².